The highest BCUT2D eigenvalue weighted by molar-refractivity contribution is 5.93. The van der Waals surface area contributed by atoms with Gasteiger partial charge in [-0.2, -0.15) is 0 Å². The highest BCUT2D eigenvalue weighted by atomic mass is 19.1. The Bertz CT molecular complexity index is 591. The maximum atomic E-state index is 14.2. The molecule has 2 atom stereocenters. The lowest BCUT2D eigenvalue weighted by Crippen LogP contribution is -2.41. The van der Waals surface area contributed by atoms with E-state index in [1.165, 1.54) is 0 Å². The summed E-state index contributed by atoms with van der Waals surface area (Å²) in [4.78, 5) is 22.9. The van der Waals surface area contributed by atoms with E-state index < -0.39 is 28.0 Å². The van der Waals surface area contributed by atoms with Crippen LogP contribution in [0.1, 0.15) is 37.0 Å². The van der Waals surface area contributed by atoms with Gasteiger partial charge in [0.1, 0.15) is 5.56 Å². The molecule has 7 heteroatoms. The minimum absolute atomic E-state index is 0.0683. The van der Waals surface area contributed by atoms with Gasteiger partial charge in [-0.1, -0.05) is 6.92 Å². The molecule has 0 aromatic heterocycles. The second-order valence-electron chi connectivity index (χ2n) is 5.57. The van der Waals surface area contributed by atoms with E-state index in [9.17, 15) is 19.3 Å². The van der Waals surface area contributed by atoms with Crippen molar-refractivity contribution in [2.24, 2.45) is 5.92 Å². The summed E-state index contributed by atoms with van der Waals surface area (Å²) in [6.07, 6.45) is 1.90. The molecule has 114 valence electrons. The molecule has 2 rings (SSSR count). The molecule has 1 fully saturated rings. The zero-order valence-corrected chi connectivity index (χ0v) is 11.9. The molecule has 0 saturated carbocycles. The molecule has 21 heavy (non-hydrogen) atoms. The predicted molar refractivity (Wildman–Crippen MR) is 75.2 cm³/mol. The Kier molecular flexibility index (Phi) is 4.11. The van der Waals surface area contributed by atoms with E-state index in [1.807, 2.05) is 13.8 Å². The van der Waals surface area contributed by atoms with Crippen LogP contribution in [0.3, 0.4) is 0 Å². The van der Waals surface area contributed by atoms with Gasteiger partial charge >= 0.3 is 5.97 Å². The van der Waals surface area contributed by atoms with Crippen LogP contribution in [-0.4, -0.2) is 28.6 Å². The molecule has 0 bridgehead atoms. The van der Waals surface area contributed by atoms with E-state index in [-0.39, 0.29) is 11.7 Å². The normalized spacial score (nSPS) is 22.1. The van der Waals surface area contributed by atoms with Crippen LogP contribution >= 0.6 is 0 Å². The molecule has 0 amide bonds. The second-order valence-corrected chi connectivity index (χ2v) is 5.57. The van der Waals surface area contributed by atoms with Gasteiger partial charge in [-0.05, 0) is 31.7 Å². The van der Waals surface area contributed by atoms with Crippen LogP contribution in [-0.2, 0) is 0 Å². The number of carbonyl (C=O) groups is 1. The van der Waals surface area contributed by atoms with Crippen LogP contribution < -0.4 is 4.90 Å². The number of nitro groups is 1. The topological polar surface area (TPSA) is 83.7 Å². The quantitative estimate of drug-likeness (QED) is 0.684. The lowest BCUT2D eigenvalue weighted by molar-refractivity contribution is -0.385. The van der Waals surface area contributed by atoms with Crippen molar-refractivity contribution in [3.63, 3.8) is 0 Å². The SMILES string of the molecule is CC1CCC(C)N(c2cc(C(=O)O)c([N+](=O)[O-])cc2F)C1. The van der Waals surface area contributed by atoms with Gasteiger partial charge in [-0.3, -0.25) is 10.1 Å². The standard InChI is InChI=1S/C14H17FN2O4/c1-8-3-4-9(2)16(7-8)13-5-10(14(18)19)12(17(20)21)6-11(13)15/h5-6,8-9H,3-4,7H2,1-2H3,(H,18,19). The van der Waals surface area contributed by atoms with Gasteiger partial charge in [0.05, 0.1) is 16.7 Å². The van der Waals surface area contributed by atoms with Crippen molar-refractivity contribution in [3.05, 3.63) is 33.6 Å². The minimum atomic E-state index is -1.43. The van der Waals surface area contributed by atoms with Crippen molar-refractivity contribution in [2.75, 3.05) is 11.4 Å². The molecule has 0 spiro atoms. The maximum absolute atomic E-state index is 14.2. The van der Waals surface area contributed by atoms with Crippen molar-refractivity contribution < 1.29 is 19.2 Å². The van der Waals surface area contributed by atoms with E-state index in [1.54, 1.807) is 4.90 Å². The summed E-state index contributed by atoms with van der Waals surface area (Å²) in [7, 11) is 0. The van der Waals surface area contributed by atoms with E-state index in [0.29, 0.717) is 18.5 Å². The fraction of sp³-hybridized carbons (Fsp3) is 0.500. The minimum Gasteiger partial charge on any atom is -0.477 e. The molecule has 1 aromatic carbocycles. The molecule has 1 aromatic rings. The number of hydrogen-bond donors (Lipinski definition) is 1. The molecule has 0 radical (unpaired) electrons. The lowest BCUT2D eigenvalue weighted by Gasteiger charge is -2.38. The summed E-state index contributed by atoms with van der Waals surface area (Å²) in [5.41, 5.74) is -1.08. The van der Waals surface area contributed by atoms with Gasteiger partial charge in [-0.15, -0.1) is 0 Å². The molecule has 6 nitrogen and oxygen atoms in total. The lowest BCUT2D eigenvalue weighted by atomic mass is 9.94. The number of nitrogens with zero attached hydrogens (tertiary/aromatic N) is 2. The first-order chi connectivity index (χ1) is 9.81. The molecule has 1 aliphatic heterocycles. The summed E-state index contributed by atoms with van der Waals surface area (Å²) < 4.78 is 14.2. The van der Waals surface area contributed by atoms with E-state index >= 15 is 0 Å². The monoisotopic (exact) mass is 296 g/mol. The van der Waals surface area contributed by atoms with Crippen molar-refractivity contribution in [1.29, 1.82) is 0 Å². The van der Waals surface area contributed by atoms with Crippen LogP contribution in [0.25, 0.3) is 0 Å². The second kappa shape index (κ2) is 5.67. The Morgan fingerprint density at radius 2 is 2.10 bits per heavy atom. The van der Waals surface area contributed by atoms with E-state index in [2.05, 4.69) is 0 Å². The van der Waals surface area contributed by atoms with Crippen molar-refractivity contribution in [3.8, 4) is 0 Å². The molecule has 1 aliphatic rings. The molecule has 0 aliphatic carbocycles. The van der Waals surface area contributed by atoms with Crippen molar-refractivity contribution >= 4 is 17.3 Å². The maximum Gasteiger partial charge on any atom is 0.342 e. The fourth-order valence-electron chi connectivity index (χ4n) is 2.72. The van der Waals surface area contributed by atoms with Crippen LogP contribution in [0.4, 0.5) is 15.8 Å². The Morgan fingerprint density at radius 3 is 2.67 bits per heavy atom. The number of nitro benzene ring substituents is 1. The summed E-state index contributed by atoms with van der Waals surface area (Å²) in [6.45, 7) is 4.59. The molecule has 1 heterocycles. The highest BCUT2D eigenvalue weighted by Crippen LogP contribution is 2.33. The summed E-state index contributed by atoms with van der Waals surface area (Å²) in [5, 5.41) is 19.9. The average molecular weight is 296 g/mol. The summed E-state index contributed by atoms with van der Waals surface area (Å²) in [5.74, 6) is -1.82. The Labute approximate surface area is 121 Å². The van der Waals surface area contributed by atoms with Crippen LogP contribution in [0.2, 0.25) is 0 Å². The predicted octanol–water partition coefficient (Wildman–Crippen LogP) is 3.06. The van der Waals surface area contributed by atoms with Gasteiger partial charge in [0.2, 0.25) is 0 Å². The third-order valence-electron chi connectivity index (χ3n) is 3.92. The number of carboxylic acid groups (broad SMARTS) is 1. The van der Waals surface area contributed by atoms with E-state index in [0.717, 1.165) is 18.9 Å². The third-order valence-corrected chi connectivity index (χ3v) is 3.92. The molecular weight excluding hydrogens is 279 g/mol. The zero-order chi connectivity index (χ0) is 15.7. The van der Waals surface area contributed by atoms with Crippen molar-refractivity contribution in [2.45, 2.75) is 32.7 Å². The molecule has 2 unspecified atom stereocenters. The first-order valence-electron chi connectivity index (χ1n) is 6.79. The number of hydrogen-bond acceptors (Lipinski definition) is 4. The number of carboxylic acids is 1. The third kappa shape index (κ3) is 2.96. The van der Waals surface area contributed by atoms with Crippen LogP contribution in [0, 0.1) is 21.8 Å². The van der Waals surface area contributed by atoms with Gasteiger partial charge in [0.15, 0.2) is 5.82 Å². The Balaban J connectivity index is 2.51. The largest absolute Gasteiger partial charge is 0.477 e. The Morgan fingerprint density at radius 1 is 1.43 bits per heavy atom. The van der Waals surface area contributed by atoms with Gasteiger partial charge in [0, 0.05) is 12.6 Å². The van der Waals surface area contributed by atoms with Crippen LogP contribution in [0.5, 0.6) is 0 Å². The number of halogens is 1. The molecule has 1 N–H and O–H groups in total. The molecule has 1 saturated heterocycles. The fourth-order valence-corrected chi connectivity index (χ4v) is 2.72. The van der Waals surface area contributed by atoms with Gasteiger partial charge in [-0.25, -0.2) is 9.18 Å². The number of aromatic carboxylic acids is 1. The summed E-state index contributed by atoms with van der Waals surface area (Å²) in [6, 6.07) is 1.84. The molecular formula is C14H17FN2O4. The summed E-state index contributed by atoms with van der Waals surface area (Å²) >= 11 is 0. The first kappa shape index (κ1) is 15.2. The first-order valence-corrected chi connectivity index (χ1v) is 6.79. The van der Waals surface area contributed by atoms with Crippen molar-refractivity contribution in [1.82, 2.24) is 0 Å². The van der Waals surface area contributed by atoms with Gasteiger partial charge in [0.25, 0.3) is 5.69 Å². The number of anilines is 1. The van der Waals surface area contributed by atoms with E-state index in [4.69, 9.17) is 5.11 Å². The van der Waals surface area contributed by atoms with Gasteiger partial charge < -0.3 is 10.0 Å². The Hall–Kier alpha value is -2.18. The number of piperidine rings is 1. The zero-order valence-electron chi connectivity index (χ0n) is 11.9. The van der Waals surface area contributed by atoms with Crippen LogP contribution in [0.15, 0.2) is 12.1 Å². The number of benzene rings is 1. The highest BCUT2D eigenvalue weighted by Gasteiger charge is 2.29. The number of rotatable bonds is 3. The smallest absolute Gasteiger partial charge is 0.342 e. The average Bonchev–Trinajstić information content (AvgIpc) is 2.41.